The Morgan fingerprint density at radius 2 is 0.696 bits per heavy atom. The average Bonchev–Trinajstić information content (AvgIpc) is 3.14. The van der Waals surface area contributed by atoms with Gasteiger partial charge in [0.2, 0.25) is 0 Å². The van der Waals surface area contributed by atoms with Crippen molar-refractivity contribution in [3.8, 4) is 33.4 Å². The Labute approximate surface area is 269 Å². The van der Waals surface area contributed by atoms with Crippen LogP contribution in [0.15, 0.2) is 188 Å². The van der Waals surface area contributed by atoms with E-state index in [-0.39, 0.29) is 0 Å². The van der Waals surface area contributed by atoms with Crippen LogP contribution in [0.3, 0.4) is 0 Å². The van der Waals surface area contributed by atoms with Gasteiger partial charge in [-0.2, -0.15) is 0 Å². The summed E-state index contributed by atoms with van der Waals surface area (Å²) < 4.78 is 15.0. The molecule has 0 aliphatic rings. The molecule has 0 spiro atoms. The van der Waals surface area contributed by atoms with E-state index in [1.807, 2.05) is 60.7 Å². The van der Waals surface area contributed by atoms with Gasteiger partial charge in [-0.15, -0.1) is 0 Å². The monoisotopic (exact) mass is 606 g/mol. The molecule has 0 fully saturated rings. The van der Waals surface area contributed by atoms with Crippen molar-refractivity contribution in [1.82, 2.24) is 0 Å². The number of rotatable bonds is 6. The minimum atomic E-state index is -3.06. The predicted molar refractivity (Wildman–Crippen MR) is 197 cm³/mol. The van der Waals surface area contributed by atoms with Crippen molar-refractivity contribution in [3.05, 3.63) is 188 Å². The highest BCUT2D eigenvalue weighted by Gasteiger charge is 2.29. The van der Waals surface area contributed by atoms with Crippen molar-refractivity contribution in [2.75, 3.05) is 0 Å². The Kier molecular flexibility index (Phi) is 7.18. The summed E-state index contributed by atoms with van der Waals surface area (Å²) in [6.45, 7) is 0. The molecule has 0 unspecified atom stereocenters. The van der Waals surface area contributed by atoms with Crippen LogP contribution in [0.4, 0.5) is 0 Å². The third-order valence-corrected chi connectivity index (χ3v) is 12.0. The van der Waals surface area contributed by atoms with Gasteiger partial charge >= 0.3 is 0 Å². The lowest BCUT2D eigenvalue weighted by Gasteiger charge is -2.20. The molecule has 8 aromatic rings. The fourth-order valence-corrected chi connectivity index (χ4v) is 9.29. The topological polar surface area (TPSA) is 17.1 Å². The van der Waals surface area contributed by atoms with E-state index in [9.17, 15) is 4.57 Å². The van der Waals surface area contributed by atoms with Crippen molar-refractivity contribution in [2.45, 2.75) is 0 Å². The van der Waals surface area contributed by atoms with Gasteiger partial charge in [0, 0.05) is 15.9 Å². The maximum Gasteiger partial charge on any atom is 0.171 e. The molecule has 0 atom stereocenters. The number of hydrogen-bond acceptors (Lipinski definition) is 1. The molecule has 8 rings (SSSR count). The maximum absolute atomic E-state index is 15.0. The summed E-state index contributed by atoms with van der Waals surface area (Å²) in [5, 5.41) is 7.43. The Morgan fingerprint density at radius 3 is 1.22 bits per heavy atom. The van der Waals surface area contributed by atoms with Gasteiger partial charge in [-0.1, -0.05) is 164 Å². The summed E-state index contributed by atoms with van der Waals surface area (Å²) in [4.78, 5) is 0. The molecule has 0 aromatic heterocycles. The van der Waals surface area contributed by atoms with Gasteiger partial charge in [0.05, 0.1) is 0 Å². The van der Waals surface area contributed by atoms with E-state index in [0.29, 0.717) is 0 Å². The molecule has 0 radical (unpaired) electrons. The van der Waals surface area contributed by atoms with E-state index in [0.717, 1.165) is 32.6 Å². The lowest BCUT2D eigenvalue weighted by Crippen LogP contribution is -2.24. The zero-order valence-corrected chi connectivity index (χ0v) is 26.1. The Bertz CT molecular complexity index is 2260. The molecule has 0 saturated heterocycles. The standard InChI is InChI=1S/C44H31OP/c45-46(39-18-6-2-7-19-39,40-20-8-3-9-21-40)41-26-24-33(25-27-41)37-29-36(32-14-4-1-5-15-32)30-38(31-37)44-42-22-12-10-16-34(42)28-35-17-11-13-23-43(35)44/h1-31H. The van der Waals surface area contributed by atoms with E-state index >= 15 is 0 Å². The van der Waals surface area contributed by atoms with Gasteiger partial charge in [-0.05, 0) is 79.2 Å². The molecule has 46 heavy (non-hydrogen) atoms. The van der Waals surface area contributed by atoms with Crippen LogP contribution in [0.25, 0.3) is 54.9 Å². The summed E-state index contributed by atoms with van der Waals surface area (Å²) >= 11 is 0. The molecule has 0 heterocycles. The molecule has 0 aliphatic carbocycles. The minimum Gasteiger partial charge on any atom is -0.309 e. The van der Waals surface area contributed by atoms with Gasteiger partial charge in [0.15, 0.2) is 7.14 Å². The Balaban J connectivity index is 1.32. The first-order valence-corrected chi connectivity index (χ1v) is 17.3. The van der Waals surface area contributed by atoms with E-state index in [1.165, 1.54) is 38.2 Å². The van der Waals surface area contributed by atoms with Crippen molar-refractivity contribution in [3.63, 3.8) is 0 Å². The number of hydrogen-bond donors (Lipinski definition) is 0. The second kappa shape index (κ2) is 11.8. The first kappa shape index (κ1) is 28.0. The van der Waals surface area contributed by atoms with Crippen LogP contribution in [-0.2, 0) is 4.57 Å². The minimum absolute atomic E-state index is 0.827. The molecule has 2 heteroatoms. The zero-order valence-electron chi connectivity index (χ0n) is 25.3. The lowest BCUT2D eigenvalue weighted by atomic mass is 9.88. The summed E-state index contributed by atoms with van der Waals surface area (Å²) in [5.41, 5.74) is 6.95. The average molecular weight is 607 g/mol. The second-order valence-electron chi connectivity index (χ2n) is 11.7. The maximum atomic E-state index is 15.0. The van der Waals surface area contributed by atoms with Gasteiger partial charge in [-0.25, -0.2) is 0 Å². The first-order chi connectivity index (χ1) is 22.7. The van der Waals surface area contributed by atoms with Crippen molar-refractivity contribution >= 4 is 44.6 Å². The SMILES string of the molecule is O=P(c1ccccc1)(c1ccccc1)c1ccc(-c2cc(-c3ccccc3)cc(-c3c4ccccc4cc4ccccc34)c2)cc1. The van der Waals surface area contributed by atoms with Crippen LogP contribution < -0.4 is 15.9 Å². The van der Waals surface area contributed by atoms with Gasteiger partial charge in [0.1, 0.15) is 0 Å². The molecule has 8 aromatic carbocycles. The predicted octanol–water partition coefficient (Wildman–Crippen LogP) is 10.6. The van der Waals surface area contributed by atoms with Crippen molar-refractivity contribution in [2.24, 2.45) is 0 Å². The molecular formula is C44H31OP. The molecule has 0 N–H and O–H groups in total. The van der Waals surface area contributed by atoms with Crippen LogP contribution in [-0.4, -0.2) is 0 Å². The number of fused-ring (bicyclic) bond motifs is 2. The summed E-state index contributed by atoms with van der Waals surface area (Å²) in [5.74, 6) is 0. The van der Waals surface area contributed by atoms with Gasteiger partial charge < -0.3 is 4.57 Å². The quantitative estimate of drug-likeness (QED) is 0.136. The van der Waals surface area contributed by atoms with Crippen LogP contribution in [0.5, 0.6) is 0 Å². The summed E-state index contributed by atoms with van der Waals surface area (Å²) in [6.07, 6.45) is 0. The third-order valence-electron chi connectivity index (χ3n) is 8.90. The van der Waals surface area contributed by atoms with Crippen LogP contribution in [0, 0.1) is 0 Å². The fraction of sp³-hybridized carbons (Fsp3) is 0. The van der Waals surface area contributed by atoms with Crippen molar-refractivity contribution < 1.29 is 4.57 Å². The highest BCUT2D eigenvalue weighted by atomic mass is 31.2. The molecule has 0 aliphatic heterocycles. The lowest BCUT2D eigenvalue weighted by molar-refractivity contribution is 0.592. The number of benzene rings is 8. The van der Waals surface area contributed by atoms with Crippen molar-refractivity contribution in [1.29, 1.82) is 0 Å². The molecular weight excluding hydrogens is 575 g/mol. The van der Waals surface area contributed by atoms with Crippen LogP contribution >= 0.6 is 7.14 Å². The Hall–Kier alpha value is -5.49. The molecule has 0 saturated carbocycles. The Morgan fingerprint density at radius 1 is 0.304 bits per heavy atom. The highest BCUT2D eigenvalue weighted by molar-refractivity contribution is 7.85. The highest BCUT2D eigenvalue weighted by Crippen LogP contribution is 2.44. The molecule has 1 nitrogen and oxygen atoms in total. The summed E-state index contributed by atoms with van der Waals surface area (Å²) in [7, 11) is -3.06. The fourth-order valence-electron chi connectivity index (χ4n) is 6.65. The summed E-state index contributed by atoms with van der Waals surface area (Å²) in [6, 6.07) is 65.2. The van der Waals surface area contributed by atoms with E-state index in [1.54, 1.807) is 0 Å². The largest absolute Gasteiger partial charge is 0.309 e. The first-order valence-electron chi connectivity index (χ1n) is 15.6. The second-order valence-corrected chi connectivity index (χ2v) is 14.5. The van der Waals surface area contributed by atoms with Gasteiger partial charge in [0.25, 0.3) is 0 Å². The molecule has 0 bridgehead atoms. The molecule has 0 amide bonds. The molecule has 218 valence electrons. The van der Waals surface area contributed by atoms with E-state index in [4.69, 9.17) is 0 Å². The third kappa shape index (κ3) is 4.96. The van der Waals surface area contributed by atoms with Crippen LogP contribution in [0.1, 0.15) is 0 Å². The van der Waals surface area contributed by atoms with Crippen LogP contribution in [0.2, 0.25) is 0 Å². The zero-order chi connectivity index (χ0) is 30.9. The van der Waals surface area contributed by atoms with E-state index < -0.39 is 7.14 Å². The smallest absolute Gasteiger partial charge is 0.171 e. The van der Waals surface area contributed by atoms with Gasteiger partial charge in [-0.3, -0.25) is 0 Å². The van der Waals surface area contributed by atoms with E-state index in [2.05, 4.69) is 127 Å². The normalized spacial score (nSPS) is 11.6.